The number of methoxy groups -OCH3 is 1. The first-order valence-corrected chi connectivity index (χ1v) is 14.0. The highest BCUT2D eigenvalue weighted by Crippen LogP contribution is 2.35. The van der Waals surface area contributed by atoms with Crippen LogP contribution in [-0.4, -0.2) is 61.3 Å². The van der Waals surface area contributed by atoms with Crippen LogP contribution in [0.3, 0.4) is 0 Å². The van der Waals surface area contributed by atoms with Gasteiger partial charge in [-0.2, -0.15) is 5.26 Å². The Morgan fingerprint density at radius 1 is 1.13 bits per heavy atom. The molecule has 1 amide bonds. The average molecular weight is 532 g/mol. The molecule has 39 heavy (non-hydrogen) atoms. The fourth-order valence-corrected chi connectivity index (χ4v) is 6.59. The third-order valence-corrected chi connectivity index (χ3v) is 8.83. The summed E-state index contributed by atoms with van der Waals surface area (Å²) in [6.07, 6.45) is 5.74. The Hall–Kier alpha value is -3.64. The lowest BCUT2D eigenvalue weighted by Gasteiger charge is -2.45. The van der Waals surface area contributed by atoms with Crippen LogP contribution in [0, 0.1) is 33.3 Å². The molecule has 1 N–H and O–H groups in total. The molecule has 1 saturated carbocycles. The zero-order valence-electron chi connectivity index (χ0n) is 22.5. The van der Waals surface area contributed by atoms with Gasteiger partial charge >= 0.3 is 6.09 Å². The van der Waals surface area contributed by atoms with Crippen LogP contribution in [-0.2, 0) is 11.2 Å². The normalized spacial score (nSPS) is 25.5. The summed E-state index contributed by atoms with van der Waals surface area (Å²) in [6, 6.07) is 18.3. The van der Waals surface area contributed by atoms with E-state index in [2.05, 4.69) is 45.5 Å². The minimum atomic E-state index is -0.374. The van der Waals surface area contributed by atoms with Gasteiger partial charge in [-0.3, -0.25) is 15.0 Å². The Morgan fingerprint density at radius 3 is 2.54 bits per heavy atom. The summed E-state index contributed by atoms with van der Waals surface area (Å²) < 4.78 is 4.79. The highest BCUT2D eigenvalue weighted by atomic mass is 16.6. The summed E-state index contributed by atoms with van der Waals surface area (Å²) in [5.41, 5.74) is 3.72. The number of non-ortho nitro benzene ring substituents is 1. The number of nitrogens with zero attached hydrogens (tertiary/aromatic N) is 4. The number of rotatable bonds is 8. The van der Waals surface area contributed by atoms with Gasteiger partial charge in [0.1, 0.15) is 0 Å². The molecule has 2 aliphatic heterocycles. The number of hydrogen-bond acceptors (Lipinski definition) is 7. The largest absolute Gasteiger partial charge is 0.453 e. The molecule has 0 spiro atoms. The molecule has 2 saturated heterocycles. The number of carbonyl (C=O) groups excluding carboxylic acids is 1. The van der Waals surface area contributed by atoms with Crippen molar-refractivity contribution in [3.05, 3.63) is 69.8 Å². The van der Waals surface area contributed by atoms with Gasteiger partial charge in [0, 0.05) is 49.4 Å². The molecule has 206 valence electrons. The van der Waals surface area contributed by atoms with Gasteiger partial charge in [0.05, 0.1) is 24.1 Å². The molecule has 4 unspecified atom stereocenters. The molecule has 0 radical (unpaired) electrons. The van der Waals surface area contributed by atoms with Gasteiger partial charge < -0.3 is 15.0 Å². The van der Waals surface area contributed by atoms with Gasteiger partial charge in [0.2, 0.25) is 0 Å². The van der Waals surface area contributed by atoms with E-state index >= 15 is 0 Å². The molecular weight excluding hydrogens is 494 g/mol. The van der Waals surface area contributed by atoms with E-state index in [-0.39, 0.29) is 28.8 Å². The predicted octanol–water partition coefficient (Wildman–Crippen LogP) is 4.87. The number of hydrogen-bond donors (Lipinski definition) is 1. The summed E-state index contributed by atoms with van der Waals surface area (Å²) in [5.74, 6) is 1.32. The van der Waals surface area contributed by atoms with E-state index in [4.69, 9.17) is 4.74 Å². The van der Waals surface area contributed by atoms with Crippen molar-refractivity contribution in [1.82, 2.24) is 10.2 Å². The van der Waals surface area contributed by atoms with Crippen LogP contribution in [0.25, 0.3) is 0 Å². The number of amides is 1. The average Bonchev–Trinajstić information content (AvgIpc) is 3.37. The number of carbonyl (C=O) groups is 1. The monoisotopic (exact) mass is 531 g/mol. The molecule has 3 fully saturated rings. The minimum Gasteiger partial charge on any atom is -0.453 e. The molecule has 9 heteroatoms. The summed E-state index contributed by atoms with van der Waals surface area (Å²) in [5, 5.41) is 23.8. The third-order valence-electron chi connectivity index (χ3n) is 8.83. The van der Waals surface area contributed by atoms with Crippen LogP contribution in [0.4, 0.5) is 16.2 Å². The number of nitriles is 1. The van der Waals surface area contributed by atoms with E-state index in [1.54, 1.807) is 12.1 Å². The molecule has 0 aromatic heterocycles. The smallest absolute Gasteiger partial charge is 0.407 e. The Bertz CT molecular complexity index is 1190. The highest BCUT2D eigenvalue weighted by molar-refractivity contribution is 5.67. The number of anilines is 1. The van der Waals surface area contributed by atoms with Gasteiger partial charge in [0.15, 0.2) is 0 Å². The molecule has 0 bridgehead atoms. The third kappa shape index (κ3) is 6.34. The quantitative estimate of drug-likeness (QED) is 0.382. The molecule has 4 atom stereocenters. The van der Waals surface area contributed by atoms with Gasteiger partial charge in [-0.25, -0.2) is 4.79 Å². The SMILES string of the molecule is COC(=O)NC1CCCC1Cc1ccc(C2CCN(CC3CN(c4ccc([N+](=O)[O-])cc4)C3)C(C#N)C2)cc1. The molecule has 5 rings (SSSR count). The second-order valence-electron chi connectivity index (χ2n) is 11.3. The van der Waals surface area contributed by atoms with Gasteiger partial charge in [0.25, 0.3) is 5.69 Å². The first kappa shape index (κ1) is 26.9. The summed E-state index contributed by atoms with van der Waals surface area (Å²) in [7, 11) is 1.41. The Balaban J connectivity index is 1.10. The van der Waals surface area contributed by atoms with E-state index in [1.165, 1.54) is 18.2 Å². The number of likely N-dealkylation sites (tertiary alicyclic amines) is 1. The van der Waals surface area contributed by atoms with Gasteiger partial charge in [-0.05, 0) is 73.7 Å². The lowest BCUT2D eigenvalue weighted by Crippen LogP contribution is -2.54. The summed E-state index contributed by atoms with van der Waals surface area (Å²) in [6.45, 7) is 3.65. The van der Waals surface area contributed by atoms with Crippen LogP contribution in [0.5, 0.6) is 0 Å². The maximum absolute atomic E-state index is 11.7. The van der Waals surface area contributed by atoms with E-state index < -0.39 is 0 Å². The van der Waals surface area contributed by atoms with E-state index in [0.29, 0.717) is 17.8 Å². The maximum atomic E-state index is 11.7. The van der Waals surface area contributed by atoms with Crippen molar-refractivity contribution in [2.45, 2.75) is 56.5 Å². The Labute approximate surface area is 229 Å². The zero-order chi connectivity index (χ0) is 27.4. The fraction of sp³-hybridized carbons (Fsp3) is 0.533. The second kappa shape index (κ2) is 12.0. The van der Waals surface area contributed by atoms with Crippen LogP contribution >= 0.6 is 0 Å². The van der Waals surface area contributed by atoms with Crippen molar-refractivity contribution < 1.29 is 14.5 Å². The lowest BCUT2D eigenvalue weighted by molar-refractivity contribution is -0.384. The van der Waals surface area contributed by atoms with Crippen molar-refractivity contribution in [3.63, 3.8) is 0 Å². The first-order chi connectivity index (χ1) is 18.9. The molecule has 2 heterocycles. The van der Waals surface area contributed by atoms with Crippen LogP contribution in [0.2, 0.25) is 0 Å². The lowest BCUT2D eigenvalue weighted by atomic mass is 9.84. The zero-order valence-corrected chi connectivity index (χ0v) is 22.5. The molecule has 2 aromatic rings. The van der Waals surface area contributed by atoms with Crippen molar-refractivity contribution in [2.24, 2.45) is 11.8 Å². The second-order valence-corrected chi connectivity index (χ2v) is 11.3. The van der Waals surface area contributed by atoms with E-state index in [1.807, 2.05) is 12.1 Å². The topological polar surface area (TPSA) is 112 Å². The van der Waals surface area contributed by atoms with Crippen LogP contribution in [0.1, 0.15) is 49.1 Å². The van der Waals surface area contributed by atoms with E-state index in [9.17, 15) is 20.2 Å². The standard InChI is InChI=1S/C30H37N5O4/c1-39-30(36)32-29-4-2-3-25(29)15-21-5-7-23(8-6-21)24-13-14-33(28(16-24)17-31)18-22-19-34(20-22)26-9-11-27(12-10-26)35(37)38/h5-12,22,24-25,28-29H,2-4,13-16,18-20H2,1H3,(H,32,36). The van der Waals surface area contributed by atoms with Crippen LogP contribution in [0.15, 0.2) is 48.5 Å². The molecule has 9 nitrogen and oxygen atoms in total. The number of ether oxygens (including phenoxy) is 1. The summed E-state index contributed by atoms with van der Waals surface area (Å²) >= 11 is 0. The molecule has 3 aliphatic rings. The molecule has 2 aromatic carbocycles. The first-order valence-electron chi connectivity index (χ1n) is 14.0. The highest BCUT2D eigenvalue weighted by Gasteiger charge is 2.35. The number of piperidine rings is 1. The maximum Gasteiger partial charge on any atom is 0.407 e. The molecule has 1 aliphatic carbocycles. The number of benzene rings is 2. The molecular formula is C30H37N5O4. The van der Waals surface area contributed by atoms with Crippen LogP contribution < -0.4 is 10.2 Å². The van der Waals surface area contributed by atoms with Crippen molar-refractivity contribution in [2.75, 3.05) is 38.2 Å². The van der Waals surface area contributed by atoms with Crippen molar-refractivity contribution >= 4 is 17.5 Å². The van der Waals surface area contributed by atoms with Gasteiger partial charge in [-0.1, -0.05) is 30.7 Å². The predicted molar refractivity (Wildman–Crippen MR) is 149 cm³/mol. The number of nitro groups is 1. The summed E-state index contributed by atoms with van der Waals surface area (Å²) in [4.78, 5) is 26.8. The van der Waals surface area contributed by atoms with Crippen molar-refractivity contribution in [3.8, 4) is 6.07 Å². The van der Waals surface area contributed by atoms with Gasteiger partial charge in [-0.15, -0.1) is 0 Å². The fourth-order valence-electron chi connectivity index (χ4n) is 6.59. The number of nitrogens with one attached hydrogen (secondary N) is 1. The Morgan fingerprint density at radius 2 is 1.87 bits per heavy atom. The number of nitro benzene ring substituents is 1. The minimum absolute atomic E-state index is 0.0829. The van der Waals surface area contributed by atoms with E-state index in [0.717, 1.165) is 70.4 Å². The Kier molecular flexibility index (Phi) is 8.32. The van der Waals surface area contributed by atoms with Crippen molar-refractivity contribution in [1.29, 1.82) is 5.26 Å². The number of alkyl carbamates (subject to hydrolysis) is 1.